The van der Waals surface area contributed by atoms with Crippen LogP contribution in [0.4, 0.5) is 0 Å². The fourth-order valence-electron chi connectivity index (χ4n) is 8.99. The van der Waals surface area contributed by atoms with Gasteiger partial charge in [-0.2, -0.15) is 0 Å². The molecule has 0 unspecified atom stereocenters. The topological polar surface area (TPSA) is 9.86 Å². The first-order valence-corrected chi connectivity index (χ1v) is 15.7. The van der Waals surface area contributed by atoms with E-state index in [4.69, 9.17) is 0 Å². The van der Waals surface area contributed by atoms with Crippen molar-refractivity contribution in [3.8, 4) is 27.9 Å². The minimum absolute atomic E-state index is 0.0995. The Bertz CT molecular complexity index is 2570. The van der Waals surface area contributed by atoms with Gasteiger partial charge in [-0.25, -0.2) is 0 Å². The van der Waals surface area contributed by atoms with E-state index in [0.717, 1.165) is 0 Å². The maximum atomic E-state index is 2.71. The fraction of sp³-hybridized carbons (Fsp3) is 0.105. The van der Waals surface area contributed by atoms with Gasteiger partial charge in [-0.15, -0.1) is 11.3 Å². The van der Waals surface area contributed by atoms with Crippen molar-refractivity contribution in [2.75, 3.05) is 0 Å². The maximum Gasteiger partial charge on any atom is 0.333 e. The van der Waals surface area contributed by atoms with Crippen LogP contribution >= 0.6 is 11.3 Å². The molecule has 0 N–H and O–H groups in total. The molecule has 196 valence electrons. The third-order valence-electron chi connectivity index (χ3n) is 10.5. The Balaban J connectivity index is 1.39. The second kappa shape index (κ2) is 6.91. The predicted octanol–water partition coefficient (Wildman–Crippen LogP) is 8.52. The SMILES string of the molecule is Cc1cc2c3c(c1)-n1c4c(c5cccc(c51)B3n1c3sc5ccccc5c3c3cccc-2c31)-c1ccccc1C4(C)C. The summed E-state index contributed by atoms with van der Waals surface area (Å²) in [5.74, 6) is 0. The molecule has 0 atom stereocenters. The molecule has 0 saturated heterocycles. The Morgan fingerprint density at radius 2 is 1.48 bits per heavy atom. The lowest BCUT2D eigenvalue weighted by molar-refractivity contribution is 0.624. The first kappa shape index (κ1) is 22.1. The summed E-state index contributed by atoms with van der Waals surface area (Å²) in [6, 6.07) is 37.0. The number of thiophene rings is 1. The van der Waals surface area contributed by atoms with E-state index in [0.29, 0.717) is 0 Å². The highest BCUT2D eigenvalue weighted by Crippen LogP contribution is 2.55. The van der Waals surface area contributed by atoms with Crippen LogP contribution in [0.3, 0.4) is 0 Å². The Labute approximate surface area is 247 Å². The Morgan fingerprint density at radius 1 is 0.714 bits per heavy atom. The van der Waals surface area contributed by atoms with E-state index >= 15 is 0 Å². The van der Waals surface area contributed by atoms with Gasteiger partial charge in [-0.05, 0) is 52.2 Å². The molecule has 0 fully saturated rings. The van der Waals surface area contributed by atoms with Gasteiger partial charge in [0, 0.05) is 59.7 Å². The number of hydrogen-bond acceptors (Lipinski definition) is 1. The van der Waals surface area contributed by atoms with Gasteiger partial charge in [0.2, 0.25) is 0 Å². The van der Waals surface area contributed by atoms with E-state index in [2.05, 4.69) is 127 Å². The molecule has 1 aliphatic carbocycles. The predicted molar refractivity (Wildman–Crippen MR) is 180 cm³/mol. The molecule has 0 spiro atoms. The van der Waals surface area contributed by atoms with Crippen molar-refractivity contribution < 1.29 is 0 Å². The van der Waals surface area contributed by atoms with Crippen LogP contribution in [0, 0.1) is 6.92 Å². The first-order valence-electron chi connectivity index (χ1n) is 14.9. The van der Waals surface area contributed by atoms with Crippen molar-refractivity contribution in [1.29, 1.82) is 0 Å². The average molecular weight is 553 g/mol. The monoisotopic (exact) mass is 552 g/mol. The number of benzene rings is 5. The molecule has 4 heteroatoms. The molecule has 0 amide bonds. The Hall–Kier alpha value is -4.54. The molecule has 5 aromatic carbocycles. The molecular formula is C38H25BN2S. The number of fused-ring (bicyclic) bond motifs is 14. The van der Waals surface area contributed by atoms with Gasteiger partial charge < -0.3 is 9.05 Å². The summed E-state index contributed by atoms with van der Waals surface area (Å²) in [5, 5.41) is 5.53. The number of rotatable bonds is 0. The molecule has 0 saturated carbocycles. The Kier molecular flexibility index (Phi) is 3.64. The van der Waals surface area contributed by atoms with Gasteiger partial charge in [0.1, 0.15) is 0 Å². The summed E-state index contributed by atoms with van der Waals surface area (Å²) in [4.78, 5) is 1.39. The van der Waals surface area contributed by atoms with Gasteiger partial charge >= 0.3 is 6.85 Å². The molecule has 0 bridgehead atoms. The summed E-state index contributed by atoms with van der Waals surface area (Å²) in [6.07, 6.45) is 0. The minimum Gasteiger partial charge on any atom is -0.367 e. The highest BCUT2D eigenvalue weighted by molar-refractivity contribution is 7.26. The third-order valence-corrected chi connectivity index (χ3v) is 11.7. The van der Waals surface area contributed by atoms with E-state index in [1.54, 1.807) is 0 Å². The molecule has 0 radical (unpaired) electrons. The first-order chi connectivity index (χ1) is 20.5. The zero-order valence-electron chi connectivity index (χ0n) is 23.6. The lowest BCUT2D eigenvalue weighted by atomic mass is 9.45. The second-order valence-electron chi connectivity index (χ2n) is 13.0. The highest BCUT2D eigenvalue weighted by atomic mass is 32.1. The van der Waals surface area contributed by atoms with Gasteiger partial charge in [-0.3, -0.25) is 0 Å². The summed E-state index contributed by atoms with van der Waals surface area (Å²) < 4.78 is 6.74. The maximum absolute atomic E-state index is 2.71. The zero-order chi connectivity index (χ0) is 27.6. The fourth-order valence-corrected chi connectivity index (χ4v) is 10.2. The van der Waals surface area contributed by atoms with Crippen molar-refractivity contribution in [3.63, 3.8) is 0 Å². The van der Waals surface area contributed by atoms with Crippen LogP contribution in [0.15, 0.2) is 97.1 Å². The third kappa shape index (κ3) is 2.23. The van der Waals surface area contributed by atoms with E-state index in [1.165, 1.54) is 97.8 Å². The normalized spacial score (nSPS) is 15.2. The van der Waals surface area contributed by atoms with Crippen molar-refractivity contribution in [1.82, 2.24) is 9.05 Å². The summed E-state index contributed by atoms with van der Waals surface area (Å²) in [5.41, 5.74) is 16.6. The number of hydrogen-bond donors (Lipinski definition) is 0. The number of nitrogens with zero attached hydrogens (tertiary/aromatic N) is 2. The van der Waals surface area contributed by atoms with Crippen molar-refractivity contribution in [2.24, 2.45) is 0 Å². The van der Waals surface area contributed by atoms with Crippen molar-refractivity contribution in [3.05, 3.63) is 114 Å². The van der Waals surface area contributed by atoms with Gasteiger partial charge in [0.25, 0.3) is 0 Å². The average Bonchev–Trinajstić information content (AvgIpc) is 3.71. The molecule has 3 aromatic heterocycles. The van der Waals surface area contributed by atoms with Gasteiger partial charge in [0.05, 0.1) is 10.3 Å². The van der Waals surface area contributed by atoms with Crippen molar-refractivity contribution >= 4 is 71.2 Å². The summed E-state index contributed by atoms with van der Waals surface area (Å²) in [6.45, 7) is 7.23. The van der Waals surface area contributed by atoms with Crippen LogP contribution in [-0.2, 0) is 5.41 Å². The molecule has 11 rings (SSSR count). The molecule has 2 nitrogen and oxygen atoms in total. The van der Waals surface area contributed by atoms with Crippen LogP contribution < -0.4 is 10.9 Å². The number of aromatic nitrogens is 2. The molecule has 5 heterocycles. The quantitative estimate of drug-likeness (QED) is 0.167. The minimum atomic E-state index is -0.0995. The van der Waals surface area contributed by atoms with E-state index < -0.39 is 0 Å². The molecule has 2 aliphatic heterocycles. The molecular weight excluding hydrogens is 527 g/mol. The lowest BCUT2D eigenvalue weighted by Gasteiger charge is -2.35. The second-order valence-corrected chi connectivity index (χ2v) is 14.0. The highest BCUT2D eigenvalue weighted by Gasteiger charge is 2.47. The zero-order valence-corrected chi connectivity index (χ0v) is 24.4. The molecule has 42 heavy (non-hydrogen) atoms. The number of aryl methyl sites for hydroxylation is 1. The van der Waals surface area contributed by atoms with Gasteiger partial charge in [0.15, 0.2) is 0 Å². The van der Waals surface area contributed by atoms with Crippen LogP contribution in [-0.4, -0.2) is 15.9 Å². The van der Waals surface area contributed by atoms with Crippen LogP contribution in [0.5, 0.6) is 0 Å². The van der Waals surface area contributed by atoms with E-state index in [-0.39, 0.29) is 12.3 Å². The number of para-hydroxylation sites is 2. The van der Waals surface area contributed by atoms with Gasteiger partial charge in [-0.1, -0.05) is 98.8 Å². The van der Waals surface area contributed by atoms with Crippen LogP contribution in [0.2, 0.25) is 0 Å². The largest absolute Gasteiger partial charge is 0.367 e. The summed E-state index contributed by atoms with van der Waals surface area (Å²) >= 11 is 1.95. The van der Waals surface area contributed by atoms with Crippen LogP contribution in [0.25, 0.3) is 70.0 Å². The molecule has 3 aliphatic rings. The van der Waals surface area contributed by atoms with Crippen LogP contribution in [0.1, 0.15) is 30.7 Å². The van der Waals surface area contributed by atoms with Crippen molar-refractivity contribution in [2.45, 2.75) is 26.2 Å². The molecule has 8 aromatic rings. The smallest absolute Gasteiger partial charge is 0.333 e. The Morgan fingerprint density at radius 3 is 2.40 bits per heavy atom. The van der Waals surface area contributed by atoms with E-state index in [1.807, 2.05) is 11.3 Å². The standard InChI is InChI=1S/C38H25BN2S/c1-20-18-26-21-12-8-13-25-32-23-11-5-7-17-30(23)42-37(32)41(34(21)25)39-28-16-9-14-24-31-22-10-4-6-15-27(22)38(2,3)36(31)40(35(24)28)29(19-20)33(26)39/h4-19H,1-3H3. The van der Waals surface area contributed by atoms with E-state index in [9.17, 15) is 0 Å². The summed E-state index contributed by atoms with van der Waals surface area (Å²) in [7, 11) is 0. The lowest BCUT2D eigenvalue weighted by Crippen LogP contribution is -2.55.